The first kappa shape index (κ1) is 26.8. The van der Waals surface area contributed by atoms with Crippen LogP contribution in [0.15, 0.2) is 79.0 Å². The molecule has 1 aliphatic rings. The topological polar surface area (TPSA) is 108 Å². The van der Waals surface area contributed by atoms with E-state index >= 15 is 0 Å². The highest BCUT2D eigenvalue weighted by molar-refractivity contribution is 14.1. The molecule has 1 aliphatic heterocycles. The van der Waals surface area contributed by atoms with Crippen molar-refractivity contribution >= 4 is 34.5 Å². The Morgan fingerprint density at radius 3 is 2.56 bits per heavy atom. The maximum Gasteiger partial charge on any atom is 0.325 e. The number of hydrogen-bond donors (Lipinski definition) is 3. The Bertz CT molecular complexity index is 1460. The fourth-order valence-corrected chi connectivity index (χ4v) is 5.08. The molecule has 0 spiro atoms. The number of aromatic nitrogens is 2. The molecular weight excluding hydrogens is 614 g/mol. The number of rotatable bonds is 10. The zero-order chi connectivity index (χ0) is 27.4. The van der Waals surface area contributed by atoms with E-state index in [2.05, 4.69) is 15.3 Å². The average Bonchev–Trinajstić information content (AvgIpc) is 3.54. The zero-order valence-electron chi connectivity index (χ0n) is 20.8. The highest BCUT2D eigenvalue weighted by atomic mass is 127. The van der Waals surface area contributed by atoms with Gasteiger partial charge in [-0.15, -0.1) is 0 Å². The molecule has 4 aromatic rings. The second kappa shape index (κ2) is 12.0. The van der Waals surface area contributed by atoms with E-state index in [1.807, 2.05) is 52.9 Å². The number of carbonyl (C=O) groups is 2. The summed E-state index contributed by atoms with van der Waals surface area (Å²) in [5, 5.41) is 11.7. The van der Waals surface area contributed by atoms with Gasteiger partial charge in [0.05, 0.1) is 24.5 Å². The summed E-state index contributed by atoms with van der Waals surface area (Å²) in [6, 6.07) is 19.4. The summed E-state index contributed by atoms with van der Waals surface area (Å²) in [5.74, 6) is 0.156. The molecule has 1 aromatic heterocycles. The molecule has 0 bridgehead atoms. The summed E-state index contributed by atoms with van der Waals surface area (Å²) in [5.41, 5.74) is 2.48. The van der Waals surface area contributed by atoms with Crippen molar-refractivity contribution in [3.8, 4) is 17.0 Å². The van der Waals surface area contributed by atoms with Crippen molar-refractivity contribution in [1.29, 1.82) is 0 Å². The van der Waals surface area contributed by atoms with Gasteiger partial charge in [0.1, 0.15) is 30.0 Å². The lowest BCUT2D eigenvalue weighted by molar-refractivity contribution is -0.129. The number of hydrogen-bond acceptors (Lipinski definition) is 5. The van der Waals surface area contributed by atoms with Crippen LogP contribution in [-0.2, 0) is 11.2 Å². The predicted octanol–water partition coefficient (Wildman–Crippen LogP) is 5.16. The van der Waals surface area contributed by atoms with E-state index in [4.69, 9.17) is 9.84 Å². The SMILES string of the molecule is O=C1NC(c2ccc(OCCO)cc2)C(=O)N1[C@@H](CCc1ccccc1)c1ncc(-c2ccc(I)cc2F)[nH]1. The number of imide groups is 1. The number of urea groups is 1. The molecule has 8 nitrogen and oxygen atoms in total. The largest absolute Gasteiger partial charge is 0.491 e. The Labute approximate surface area is 238 Å². The van der Waals surface area contributed by atoms with Crippen LogP contribution < -0.4 is 10.1 Å². The lowest BCUT2D eigenvalue weighted by atomic mass is 10.0. The fraction of sp³-hybridized carbons (Fsp3) is 0.207. The van der Waals surface area contributed by atoms with Crippen LogP contribution >= 0.6 is 22.6 Å². The molecular formula is C29H26FIN4O4. The number of aromatic amines is 1. The Morgan fingerprint density at radius 2 is 1.85 bits per heavy atom. The van der Waals surface area contributed by atoms with Gasteiger partial charge >= 0.3 is 6.03 Å². The van der Waals surface area contributed by atoms with E-state index in [0.717, 1.165) is 9.13 Å². The summed E-state index contributed by atoms with van der Waals surface area (Å²) >= 11 is 2.05. The number of aryl methyl sites for hydroxylation is 1. The zero-order valence-corrected chi connectivity index (χ0v) is 23.0. The van der Waals surface area contributed by atoms with Gasteiger partial charge in [0, 0.05) is 9.13 Å². The number of ether oxygens (including phenoxy) is 1. The van der Waals surface area contributed by atoms with Crippen LogP contribution in [0.1, 0.15) is 35.5 Å². The molecule has 3 N–H and O–H groups in total. The highest BCUT2D eigenvalue weighted by Gasteiger charge is 2.44. The number of amides is 3. The standard InChI is InChI=1S/C29H26FIN4O4/c30-23-16-20(31)9-12-22(23)24-17-32-27(33-24)25(13-6-18-4-2-1-3-5-18)35-28(37)26(34-29(35)38)19-7-10-21(11-8-19)39-15-14-36/h1-5,7-12,16-17,25-26,36H,6,13-15H2,(H,32,33)(H,34,38)/t25-,26?/m0/s1. The molecule has 10 heteroatoms. The third kappa shape index (κ3) is 5.96. The van der Waals surface area contributed by atoms with E-state index in [1.54, 1.807) is 36.4 Å². The molecule has 1 saturated heterocycles. The van der Waals surface area contributed by atoms with Crippen LogP contribution in [-0.4, -0.2) is 45.1 Å². The van der Waals surface area contributed by atoms with Crippen molar-refractivity contribution in [2.75, 3.05) is 13.2 Å². The summed E-state index contributed by atoms with van der Waals surface area (Å²) in [6.07, 6.45) is 2.54. The minimum atomic E-state index is -0.869. The average molecular weight is 640 g/mol. The third-order valence-electron chi connectivity index (χ3n) is 6.54. The van der Waals surface area contributed by atoms with Gasteiger partial charge in [-0.25, -0.2) is 14.2 Å². The minimum Gasteiger partial charge on any atom is -0.491 e. The molecule has 1 unspecified atom stereocenters. The van der Waals surface area contributed by atoms with Crippen LogP contribution in [0.5, 0.6) is 5.75 Å². The van der Waals surface area contributed by atoms with Crippen LogP contribution in [0.2, 0.25) is 0 Å². The van der Waals surface area contributed by atoms with Crippen molar-refractivity contribution in [1.82, 2.24) is 20.2 Å². The summed E-state index contributed by atoms with van der Waals surface area (Å²) in [7, 11) is 0. The molecule has 1 fully saturated rings. The number of nitrogens with zero attached hydrogens (tertiary/aromatic N) is 2. The molecule has 39 heavy (non-hydrogen) atoms. The number of benzene rings is 3. The van der Waals surface area contributed by atoms with Gasteiger partial charge in [0.15, 0.2) is 0 Å². The number of H-pyrrole nitrogens is 1. The second-order valence-electron chi connectivity index (χ2n) is 9.08. The van der Waals surface area contributed by atoms with Crippen molar-refractivity contribution in [2.45, 2.75) is 24.9 Å². The van der Waals surface area contributed by atoms with Crippen molar-refractivity contribution in [3.63, 3.8) is 0 Å². The van der Waals surface area contributed by atoms with E-state index < -0.39 is 24.0 Å². The highest BCUT2D eigenvalue weighted by Crippen LogP contribution is 2.34. The Hall–Kier alpha value is -3.77. The number of aliphatic hydroxyl groups excluding tert-OH is 1. The molecule has 0 radical (unpaired) electrons. The van der Waals surface area contributed by atoms with Gasteiger partial charge in [-0.2, -0.15) is 0 Å². The Morgan fingerprint density at radius 1 is 1.08 bits per heavy atom. The Balaban J connectivity index is 1.43. The lowest BCUT2D eigenvalue weighted by Crippen LogP contribution is -2.36. The maximum atomic E-state index is 14.7. The van der Waals surface area contributed by atoms with Crippen molar-refractivity contribution in [2.24, 2.45) is 0 Å². The maximum absolute atomic E-state index is 14.7. The van der Waals surface area contributed by atoms with Crippen LogP contribution in [0.3, 0.4) is 0 Å². The number of nitrogens with one attached hydrogen (secondary N) is 2. The van der Waals surface area contributed by atoms with Crippen LogP contribution in [0.25, 0.3) is 11.3 Å². The minimum absolute atomic E-state index is 0.108. The van der Waals surface area contributed by atoms with Crippen molar-refractivity contribution in [3.05, 3.63) is 105 Å². The van der Waals surface area contributed by atoms with E-state index in [0.29, 0.717) is 41.2 Å². The summed E-state index contributed by atoms with van der Waals surface area (Å²) < 4.78 is 20.8. The normalized spacial score (nSPS) is 15.9. The first-order chi connectivity index (χ1) is 18.9. The summed E-state index contributed by atoms with van der Waals surface area (Å²) in [6.45, 7) is 0.0511. The molecule has 0 aliphatic carbocycles. The van der Waals surface area contributed by atoms with Crippen LogP contribution in [0, 0.1) is 9.39 Å². The Kier molecular flexibility index (Phi) is 8.22. The molecule has 0 saturated carbocycles. The van der Waals surface area contributed by atoms with Gasteiger partial charge < -0.3 is 20.1 Å². The monoisotopic (exact) mass is 640 g/mol. The van der Waals surface area contributed by atoms with Crippen LogP contribution in [0.4, 0.5) is 9.18 Å². The quantitative estimate of drug-likeness (QED) is 0.164. The van der Waals surface area contributed by atoms with Gasteiger partial charge in [-0.05, 0) is 76.9 Å². The molecule has 3 amide bonds. The van der Waals surface area contributed by atoms with Gasteiger partial charge in [-0.3, -0.25) is 9.69 Å². The number of imidazole rings is 1. The lowest BCUT2D eigenvalue weighted by Gasteiger charge is -2.24. The molecule has 200 valence electrons. The van der Waals surface area contributed by atoms with E-state index in [-0.39, 0.29) is 19.0 Å². The smallest absolute Gasteiger partial charge is 0.325 e. The first-order valence-electron chi connectivity index (χ1n) is 12.5. The first-order valence-corrected chi connectivity index (χ1v) is 13.5. The molecule has 3 aromatic carbocycles. The van der Waals surface area contributed by atoms with Gasteiger partial charge in [0.2, 0.25) is 0 Å². The van der Waals surface area contributed by atoms with Gasteiger partial charge in [-0.1, -0.05) is 42.5 Å². The van der Waals surface area contributed by atoms with Gasteiger partial charge in [0.25, 0.3) is 5.91 Å². The third-order valence-corrected chi connectivity index (χ3v) is 7.21. The summed E-state index contributed by atoms with van der Waals surface area (Å²) in [4.78, 5) is 35.7. The number of carbonyl (C=O) groups excluding carboxylic acids is 2. The predicted molar refractivity (Wildman–Crippen MR) is 151 cm³/mol. The van der Waals surface area contributed by atoms with Crippen molar-refractivity contribution < 1.29 is 23.8 Å². The van der Waals surface area contributed by atoms with E-state index in [1.165, 1.54) is 17.2 Å². The number of aliphatic hydroxyl groups is 1. The second-order valence-corrected chi connectivity index (χ2v) is 10.3. The molecule has 5 rings (SSSR count). The number of halogens is 2. The molecule has 2 heterocycles. The molecule has 2 atom stereocenters. The van der Waals surface area contributed by atoms with E-state index in [9.17, 15) is 14.0 Å². The fourth-order valence-electron chi connectivity index (χ4n) is 4.62.